The van der Waals surface area contributed by atoms with Gasteiger partial charge >= 0.3 is 36.3 Å². The fourth-order valence-corrected chi connectivity index (χ4v) is 5.86. The third-order valence-electron chi connectivity index (χ3n) is 6.34. The number of aromatic carboxylic acids is 1. The lowest BCUT2D eigenvalue weighted by Crippen LogP contribution is -2.10. The molecule has 0 aliphatic rings. The molecule has 0 fully saturated rings. The maximum absolute atomic E-state index is 12.5. The van der Waals surface area contributed by atoms with Gasteiger partial charge in [-0.15, -0.1) is 0 Å². The number of methoxy groups -OCH3 is 2. The predicted octanol–water partition coefficient (Wildman–Crippen LogP) is 4.33. The van der Waals surface area contributed by atoms with E-state index in [1.165, 1.54) is 87.0 Å². The second-order valence-corrected chi connectivity index (χ2v) is 14.9. The molecule has 4 aromatic carbocycles. The van der Waals surface area contributed by atoms with Crippen molar-refractivity contribution in [2.24, 2.45) is 0 Å². The van der Waals surface area contributed by atoms with E-state index in [9.17, 15) is 30.0 Å². The minimum Gasteiger partial charge on any atom is -0.496 e. The molecule has 0 atom stereocenters. The van der Waals surface area contributed by atoms with E-state index in [0.717, 1.165) is 18.8 Å². The molecule has 0 bridgehead atoms. The van der Waals surface area contributed by atoms with Gasteiger partial charge in [0.1, 0.15) is 18.1 Å². The third-order valence-corrected chi connectivity index (χ3v) is 7.79. The normalized spacial score (nSPS) is 11.8. The average molecular weight is 723 g/mol. The highest BCUT2D eigenvalue weighted by Crippen LogP contribution is 2.52. The zero-order chi connectivity index (χ0) is 35.4. The quantitative estimate of drug-likeness (QED) is 0.181. The molecule has 48 heavy (non-hydrogen) atoms. The van der Waals surface area contributed by atoms with E-state index in [-0.39, 0.29) is 57.8 Å². The molecule has 17 heteroatoms. The van der Waals surface area contributed by atoms with Crippen LogP contribution in [0.15, 0.2) is 72.8 Å². The Balaban J connectivity index is 1.87. The van der Waals surface area contributed by atoms with Gasteiger partial charge in [0.05, 0.1) is 44.1 Å². The summed E-state index contributed by atoms with van der Waals surface area (Å²) in [6.45, 7) is -0.0817. The first-order valence-electron chi connectivity index (χ1n) is 13.5. The molecule has 256 valence electrons. The molecule has 0 aliphatic carbocycles. The van der Waals surface area contributed by atoms with Crippen molar-refractivity contribution in [2.45, 2.75) is 6.61 Å². The molecule has 0 heterocycles. The van der Waals surface area contributed by atoms with Crippen LogP contribution in [0.3, 0.4) is 0 Å². The van der Waals surface area contributed by atoms with E-state index in [1.54, 1.807) is 0 Å². The van der Waals surface area contributed by atoms with E-state index in [2.05, 4.69) is 0 Å². The zero-order valence-electron chi connectivity index (χ0n) is 26.1. The van der Waals surface area contributed by atoms with E-state index in [0.29, 0.717) is 16.7 Å². The van der Waals surface area contributed by atoms with Crippen LogP contribution in [-0.2, 0) is 37.0 Å². The second kappa shape index (κ2) is 14.0. The van der Waals surface area contributed by atoms with Gasteiger partial charge in [0, 0.05) is 5.56 Å². The largest absolute Gasteiger partial charge is 0.496 e. The van der Waals surface area contributed by atoms with Crippen LogP contribution in [0.5, 0.6) is 34.5 Å². The van der Waals surface area contributed by atoms with Gasteiger partial charge in [-0.05, 0) is 59.2 Å². The van der Waals surface area contributed by atoms with Gasteiger partial charge in [-0.2, -0.15) is 25.3 Å². The topological polar surface area (TPSA) is 195 Å². The molecule has 0 saturated heterocycles. The van der Waals surface area contributed by atoms with Crippen molar-refractivity contribution in [3.05, 3.63) is 83.9 Å². The zero-order valence-corrected chi connectivity index (χ0v) is 28.6. The molecular weight excluding hydrogens is 693 g/mol. The Morgan fingerprint density at radius 2 is 1.21 bits per heavy atom. The van der Waals surface area contributed by atoms with Crippen LogP contribution in [0.25, 0.3) is 22.3 Å². The highest BCUT2D eigenvalue weighted by atomic mass is 32.2. The molecule has 0 saturated carbocycles. The van der Waals surface area contributed by atoms with E-state index in [4.69, 9.17) is 31.9 Å². The molecule has 0 amide bonds. The standard InChI is InChI=1S/C31H30O14S3/c1-40-27-17-24(20-10-13-23(14-11-20)43-46(3,34)35)29(41-2)30(45-48(5,38)39)28(27)22-12-15-25(26(16-22)44-47(4,36)37)42-18-19-6-8-21(9-7-19)31(32)33/h6-17H,18H2,1-5H3,(H,32,33). The third kappa shape index (κ3) is 9.30. The number of carboxylic acid groups (broad SMARTS) is 1. The lowest BCUT2D eigenvalue weighted by Gasteiger charge is -2.21. The van der Waals surface area contributed by atoms with Crippen molar-refractivity contribution in [2.75, 3.05) is 33.0 Å². The molecule has 4 aromatic rings. The molecule has 0 radical (unpaired) electrons. The van der Waals surface area contributed by atoms with Crippen LogP contribution < -0.4 is 26.8 Å². The molecule has 1 N–H and O–H groups in total. The maximum Gasteiger partial charge on any atom is 0.335 e. The van der Waals surface area contributed by atoms with Crippen LogP contribution in [0.4, 0.5) is 0 Å². The molecule has 0 aromatic heterocycles. The van der Waals surface area contributed by atoms with E-state index < -0.39 is 36.3 Å². The van der Waals surface area contributed by atoms with Gasteiger partial charge in [0.15, 0.2) is 23.0 Å². The van der Waals surface area contributed by atoms with Crippen molar-refractivity contribution in [3.8, 4) is 56.8 Å². The summed E-state index contributed by atoms with van der Waals surface area (Å²) in [5.74, 6) is -1.59. The van der Waals surface area contributed by atoms with Crippen molar-refractivity contribution in [1.29, 1.82) is 0 Å². The predicted molar refractivity (Wildman–Crippen MR) is 175 cm³/mol. The van der Waals surface area contributed by atoms with Gasteiger partial charge in [-0.3, -0.25) is 0 Å². The van der Waals surface area contributed by atoms with Gasteiger partial charge < -0.3 is 31.9 Å². The van der Waals surface area contributed by atoms with E-state index in [1.807, 2.05) is 0 Å². The van der Waals surface area contributed by atoms with Gasteiger partial charge in [-0.25, -0.2) is 4.79 Å². The SMILES string of the molecule is COc1cc(-c2ccc(OS(C)(=O)=O)cc2)c(OC)c(OS(C)(=O)=O)c1-c1ccc(OCc2ccc(C(=O)O)cc2)c(OS(C)(=O)=O)c1. The minimum absolute atomic E-state index is 0.00368. The highest BCUT2D eigenvalue weighted by molar-refractivity contribution is 7.86. The van der Waals surface area contributed by atoms with E-state index >= 15 is 0 Å². The maximum atomic E-state index is 12.5. The Morgan fingerprint density at radius 1 is 0.625 bits per heavy atom. The summed E-state index contributed by atoms with van der Waals surface area (Å²) in [7, 11) is -9.48. The molecular formula is C31H30O14S3. The fraction of sp³-hybridized carbons (Fsp3) is 0.194. The summed E-state index contributed by atoms with van der Waals surface area (Å²) in [5.41, 5.74) is 1.63. The molecule has 0 unspecified atom stereocenters. The highest BCUT2D eigenvalue weighted by Gasteiger charge is 2.27. The number of hydrogen-bond donors (Lipinski definition) is 1. The summed E-state index contributed by atoms with van der Waals surface area (Å²) in [5, 5.41) is 9.13. The Bertz CT molecular complexity index is 2160. The smallest absolute Gasteiger partial charge is 0.335 e. The van der Waals surface area contributed by atoms with Crippen molar-refractivity contribution in [1.82, 2.24) is 0 Å². The van der Waals surface area contributed by atoms with Crippen LogP contribution >= 0.6 is 0 Å². The lowest BCUT2D eigenvalue weighted by atomic mass is 9.96. The Kier molecular flexibility index (Phi) is 10.5. The van der Waals surface area contributed by atoms with Gasteiger partial charge in [-0.1, -0.05) is 30.3 Å². The Labute approximate surface area is 277 Å². The fourth-order valence-electron chi connectivity index (χ4n) is 4.48. The number of carbonyl (C=O) groups is 1. The van der Waals surface area contributed by atoms with Crippen LogP contribution in [0.1, 0.15) is 15.9 Å². The van der Waals surface area contributed by atoms with Gasteiger partial charge in [0.25, 0.3) is 0 Å². The molecule has 14 nitrogen and oxygen atoms in total. The number of ether oxygens (including phenoxy) is 3. The average Bonchev–Trinajstić information content (AvgIpc) is 2.98. The Hall–Kier alpha value is -5.00. The summed E-state index contributed by atoms with van der Waals surface area (Å²) in [6, 6.07) is 17.4. The summed E-state index contributed by atoms with van der Waals surface area (Å²) < 4.78 is 105. The van der Waals surface area contributed by atoms with Crippen LogP contribution in [-0.4, -0.2) is 69.3 Å². The van der Waals surface area contributed by atoms with Crippen molar-refractivity contribution >= 4 is 36.3 Å². The van der Waals surface area contributed by atoms with Crippen molar-refractivity contribution < 1.29 is 61.9 Å². The van der Waals surface area contributed by atoms with Crippen molar-refractivity contribution in [3.63, 3.8) is 0 Å². The van der Waals surface area contributed by atoms with Crippen LogP contribution in [0.2, 0.25) is 0 Å². The molecule has 0 spiro atoms. The monoisotopic (exact) mass is 722 g/mol. The number of benzene rings is 4. The first kappa shape index (κ1) is 35.8. The lowest BCUT2D eigenvalue weighted by molar-refractivity contribution is 0.0696. The summed E-state index contributed by atoms with van der Waals surface area (Å²) in [6.07, 6.45) is 2.55. The summed E-state index contributed by atoms with van der Waals surface area (Å²) >= 11 is 0. The molecule has 0 aliphatic heterocycles. The summed E-state index contributed by atoms with van der Waals surface area (Å²) in [4.78, 5) is 11.2. The number of carboxylic acids is 1. The van der Waals surface area contributed by atoms with Gasteiger partial charge in [0.2, 0.25) is 0 Å². The van der Waals surface area contributed by atoms with Crippen LogP contribution in [0, 0.1) is 0 Å². The first-order chi connectivity index (χ1) is 22.4. The molecule has 4 rings (SSSR count). The minimum atomic E-state index is -4.20. The first-order valence-corrected chi connectivity index (χ1v) is 19.0. The second-order valence-electron chi connectivity index (χ2n) is 10.2. The Morgan fingerprint density at radius 3 is 1.73 bits per heavy atom. The number of rotatable bonds is 14. The number of hydrogen-bond acceptors (Lipinski definition) is 13.